The van der Waals surface area contributed by atoms with Gasteiger partial charge >= 0.3 is 0 Å². The maximum atomic E-state index is 8.85. The van der Waals surface area contributed by atoms with Gasteiger partial charge in [0.05, 0.1) is 5.56 Å². The zero-order valence-corrected chi connectivity index (χ0v) is 9.80. The summed E-state index contributed by atoms with van der Waals surface area (Å²) in [5.74, 6) is 0. The van der Waals surface area contributed by atoms with Gasteiger partial charge in [-0.2, -0.15) is 5.26 Å². The van der Waals surface area contributed by atoms with Gasteiger partial charge in [0.1, 0.15) is 6.07 Å². The lowest BCUT2D eigenvalue weighted by Crippen LogP contribution is -1.77. The largest absolute Gasteiger partial charge is 0.358 e. The lowest BCUT2D eigenvalue weighted by molar-refractivity contribution is 1.25. The molecule has 0 bridgehead atoms. The smallest absolute Gasteiger partial charge is 0.101 e. The van der Waals surface area contributed by atoms with E-state index in [2.05, 4.69) is 27.0 Å². The first kappa shape index (κ1) is 10.0. The zero-order chi connectivity index (χ0) is 10.8. The molecule has 74 valence electrons. The van der Waals surface area contributed by atoms with Crippen LogP contribution in [0.5, 0.6) is 0 Å². The Balaban J connectivity index is 2.51. The molecule has 15 heavy (non-hydrogen) atoms. The molecule has 0 amide bonds. The predicted molar refractivity (Wildman–Crippen MR) is 63.4 cm³/mol. The average Bonchev–Trinajstić information content (AvgIpc) is 2.60. The number of benzene rings is 1. The van der Waals surface area contributed by atoms with E-state index in [-0.39, 0.29) is 0 Å². The van der Waals surface area contributed by atoms with Gasteiger partial charge < -0.3 is 4.98 Å². The van der Waals surface area contributed by atoms with Crippen molar-refractivity contribution in [1.29, 1.82) is 5.26 Å². The van der Waals surface area contributed by atoms with Gasteiger partial charge in [0, 0.05) is 15.9 Å². The molecule has 2 aromatic rings. The van der Waals surface area contributed by atoms with Crippen LogP contribution in [0, 0.1) is 18.3 Å². The molecule has 3 heteroatoms. The van der Waals surface area contributed by atoms with Crippen molar-refractivity contribution in [3.63, 3.8) is 0 Å². The molecule has 0 saturated heterocycles. The second-order valence-electron chi connectivity index (χ2n) is 3.34. The Bertz CT molecular complexity index is 535. The van der Waals surface area contributed by atoms with Crippen molar-refractivity contribution in [1.82, 2.24) is 4.98 Å². The van der Waals surface area contributed by atoms with E-state index in [1.807, 2.05) is 37.3 Å². The number of aromatic nitrogens is 1. The van der Waals surface area contributed by atoms with Crippen molar-refractivity contribution in [2.75, 3.05) is 0 Å². The van der Waals surface area contributed by atoms with Gasteiger partial charge in [0.25, 0.3) is 0 Å². The van der Waals surface area contributed by atoms with Crippen molar-refractivity contribution in [2.45, 2.75) is 6.92 Å². The minimum atomic E-state index is 0.699. The monoisotopic (exact) mass is 260 g/mol. The van der Waals surface area contributed by atoms with E-state index in [1.54, 1.807) is 0 Å². The van der Waals surface area contributed by atoms with E-state index >= 15 is 0 Å². The van der Waals surface area contributed by atoms with Crippen LogP contribution in [0.3, 0.4) is 0 Å². The van der Waals surface area contributed by atoms with Gasteiger partial charge in [-0.25, -0.2) is 0 Å². The zero-order valence-electron chi connectivity index (χ0n) is 8.21. The maximum Gasteiger partial charge on any atom is 0.101 e. The molecule has 2 rings (SSSR count). The SMILES string of the molecule is Cc1[nH]c(-c2cccc(Br)c2)cc1C#N. The molecule has 0 spiro atoms. The van der Waals surface area contributed by atoms with Gasteiger partial charge in [-0.15, -0.1) is 0 Å². The Kier molecular flexibility index (Phi) is 2.61. The fraction of sp³-hybridized carbons (Fsp3) is 0.0833. The Morgan fingerprint density at radius 1 is 1.33 bits per heavy atom. The van der Waals surface area contributed by atoms with E-state index in [4.69, 9.17) is 5.26 Å². The van der Waals surface area contributed by atoms with E-state index in [0.717, 1.165) is 21.4 Å². The van der Waals surface area contributed by atoms with Gasteiger partial charge in [-0.1, -0.05) is 28.1 Å². The molecule has 1 heterocycles. The highest BCUT2D eigenvalue weighted by Gasteiger charge is 2.05. The van der Waals surface area contributed by atoms with Crippen LogP contribution in [0.25, 0.3) is 11.3 Å². The van der Waals surface area contributed by atoms with E-state index < -0.39 is 0 Å². The highest BCUT2D eigenvalue weighted by molar-refractivity contribution is 9.10. The minimum absolute atomic E-state index is 0.699. The highest BCUT2D eigenvalue weighted by atomic mass is 79.9. The molecule has 2 nitrogen and oxygen atoms in total. The highest BCUT2D eigenvalue weighted by Crippen LogP contribution is 2.23. The summed E-state index contributed by atoms with van der Waals surface area (Å²) >= 11 is 3.42. The topological polar surface area (TPSA) is 39.6 Å². The van der Waals surface area contributed by atoms with Crippen LogP contribution in [-0.2, 0) is 0 Å². The molecule has 0 unspecified atom stereocenters. The Morgan fingerprint density at radius 3 is 2.73 bits per heavy atom. The Hall–Kier alpha value is -1.53. The molecule has 1 N–H and O–H groups in total. The summed E-state index contributed by atoms with van der Waals surface area (Å²) in [6.07, 6.45) is 0. The first-order chi connectivity index (χ1) is 7.20. The third-order valence-corrected chi connectivity index (χ3v) is 2.76. The number of hydrogen-bond acceptors (Lipinski definition) is 1. The minimum Gasteiger partial charge on any atom is -0.358 e. The van der Waals surface area contributed by atoms with Crippen molar-refractivity contribution < 1.29 is 0 Å². The van der Waals surface area contributed by atoms with Crippen molar-refractivity contribution in [3.05, 3.63) is 46.1 Å². The molecule has 1 aromatic heterocycles. The second-order valence-corrected chi connectivity index (χ2v) is 4.26. The Morgan fingerprint density at radius 2 is 2.13 bits per heavy atom. The van der Waals surface area contributed by atoms with Crippen LogP contribution in [0.2, 0.25) is 0 Å². The molecule has 0 radical (unpaired) electrons. The fourth-order valence-corrected chi connectivity index (χ4v) is 1.88. The summed E-state index contributed by atoms with van der Waals surface area (Å²) in [4.78, 5) is 3.20. The Labute approximate surface area is 96.7 Å². The third-order valence-electron chi connectivity index (χ3n) is 2.27. The molecule has 1 aromatic carbocycles. The van der Waals surface area contributed by atoms with Gasteiger partial charge in [0.15, 0.2) is 0 Å². The van der Waals surface area contributed by atoms with Gasteiger partial charge in [0.2, 0.25) is 0 Å². The van der Waals surface area contributed by atoms with Crippen LogP contribution < -0.4 is 0 Å². The lowest BCUT2D eigenvalue weighted by atomic mass is 10.1. The van der Waals surface area contributed by atoms with Crippen LogP contribution in [0.15, 0.2) is 34.8 Å². The molecule has 0 aliphatic heterocycles. The molecular formula is C12H9BrN2. The molecule has 0 atom stereocenters. The summed E-state index contributed by atoms with van der Waals surface area (Å²) in [5, 5.41) is 8.85. The number of aromatic amines is 1. The predicted octanol–water partition coefficient (Wildman–Crippen LogP) is 3.62. The summed E-state index contributed by atoms with van der Waals surface area (Å²) in [7, 11) is 0. The first-order valence-electron chi connectivity index (χ1n) is 4.56. The molecule has 0 saturated carbocycles. The summed E-state index contributed by atoms with van der Waals surface area (Å²) in [5.41, 5.74) is 3.66. The summed E-state index contributed by atoms with van der Waals surface area (Å²) in [6.45, 7) is 1.90. The third kappa shape index (κ3) is 1.95. The van der Waals surface area contributed by atoms with E-state index in [0.29, 0.717) is 5.56 Å². The average molecular weight is 261 g/mol. The van der Waals surface area contributed by atoms with E-state index in [1.165, 1.54) is 0 Å². The van der Waals surface area contributed by atoms with Crippen LogP contribution in [0.1, 0.15) is 11.3 Å². The van der Waals surface area contributed by atoms with Gasteiger partial charge in [-0.3, -0.25) is 0 Å². The number of halogens is 1. The summed E-state index contributed by atoms with van der Waals surface area (Å²) < 4.78 is 1.03. The van der Waals surface area contributed by atoms with Crippen molar-refractivity contribution in [3.8, 4) is 17.3 Å². The van der Waals surface area contributed by atoms with E-state index in [9.17, 15) is 0 Å². The number of rotatable bonds is 1. The molecule has 0 aliphatic carbocycles. The molecule has 0 fully saturated rings. The number of aryl methyl sites for hydroxylation is 1. The quantitative estimate of drug-likeness (QED) is 0.836. The number of H-pyrrole nitrogens is 1. The number of nitrogens with zero attached hydrogens (tertiary/aromatic N) is 1. The standard InChI is InChI=1S/C12H9BrN2/c1-8-10(7-14)6-12(15-8)9-3-2-4-11(13)5-9/h2-6,15H,1H3. The molecule has 0 aliphatic rings. The number of hydrogen-bond donors (Lipinski definition) is 1. The molecular weight excluding hydrogens is 252 g/mol. The normalized spacial score (nSPS) is 9.93. The fourth-order valence-electron chi connectivity index (χ4n) is 1.49. The number of nitriles is 1. The van der Waals surface area contributed by atoms with Crippen molar-refractivity contribution >= 4 is 15.9 Å². The lowest BCUT2D eigenvalue weighted by Gasteiger charge is -1.97. The van der Waals surface area contributed by atoms with Crippen LogP contribution >= 0.6 is 15.9 Å². The first-order valence-corrected chi connectivity index (χ1v) is 5.35. The second kappa shape index (κ2) is 3.92. The maximum absolute atomic E-state index is 8.85. The van der Waals surface area contributed by atoms with Crippen LogP contribution in [-0.4, -0.2) is 4.98 Å². The van der Waals surface area contributed by atoms with Crippen LogP contribution in [0.4, 0.5) is 0 Å². The van der Waals surface area contributed by atoms with Crippen molar-refractivity contribution in [2.24, 2.45) is 0 Å². The number of nitrogens with one attached hydrogen (secondary N) is 1. The van der Waals surface area contributed by atoms with Gasteiger partial charge in [-0.05, 0) is 30.7 Å². The summed E-state index contributed by atoms with van der Waals surface area (Å²) in [6, 6.07) is 12.0.